The summed E-state index contributed by atoms with van der Waals surface area (Å²) in [5.74, 6) is 0.329. The van der Waals surface area contributed by atoms with Gasteiger partial charge >= 0.3 is 0 Å². The minimum absolute atomic E-state index is 0.329. The molecule has 3 heterocycles. The molecule has 0 aromatic carbocycles. The molecule has 23 heavy (non-hydrogen) atoms. The lowest BCUT2D eigenvalue weighted by molar-refractivity contribution is -0.132. The quantitative estimate of drug-likeness (QED) is 0.853. The Balaban J connectivity index is 1.63. The zero-order chi connectivity index (χ0) is 16.6. The molecule has 2 saturated heterocycles. The molecule has 2 atom stereocenters. The number of likely N-dealkylation sites (tertiary alicyclic amines) is 2. The van der Waals surface area contributed by atoms with E-state index < -0.39 is 0 Å². The van der Waals surface area contributed by atoms with E-state index in [0.29, 0.717) is 24.4 Å². The lowest BCUT2D eigenvalue weighted by atomic mass is 10.0. The molecule has 2 aliphatic heterocycles. The monoisotopic (exact) mass is 318 g/mol. The number of hydrogen-bond acceptors (Lipinski definition) is 3. The molecule has 0 radical (unpaired) electrons. The first-order valence-corrected chi connectivity index (χ1v) is 8.98. The molecule has 3 rings (SSSR count). The van der Waals surface area contributed by atoms with Gasteiger partial charge in [-0.05, 0) is 65.1 Å². The summed E-state index contributed by atoms with van der Waals surface area (Å²) in [4.78, 5) is 17.4. The third kappa shape index (κ3) is 3.16. The maximum Gasteiger partial charge on any atom is 0.223 e. The highest BCUT2D eigenvalue weighted by molar-refractivity contribution is 5.77. The van der Waals surface area contributed by atoms with Crippen LogP contribution in [-0.2, 0) is 18.3 Å². The van der Waals surface area contributed by atoms with Crippen LogP contribution in [0.5, 0.6) is 0 Å². The van der Waals surface area contributed by atoms with E-state index in [2.05, 4.69) is 28.9 Å². The molecule has 5 nitrogen and oxygen atoms in total. The average Bonchev–Trinajstić information content (AvgIpc) is 3.19. The van der Waals surface area contributed by atoms with Gasteiger partial charge in [0.15, 0.2) is 0 Å². The summed E-state index contributed by atoms with van der Waals surface area (Å²) in [5.41, 5.74) is 3.49. The van der Waals surface area contributed by atoms with E-state index in [-0.39, 0.29) is 0 Å². The highest BCUT2D eigenvalue weighted by Crippen LogP contribution is 2.29. The predicted octanol–water partition coefficient (Wildman–Crippen LogP) is 2.05. The predicted molar refractivity (Wildman–Crippen MR) is 91.4 cm³/mol. The van der Waals surface area contributed by atoms with Gasteiger partial charge in [0.2, 0.25) is 5.91 Å². The van der Waals surface area contributed by atoms with Crippen molar-refractivity contribution in [3.05, 3.63) is 17.0 Å². The van der Waals surface area contributed by atoms with Crippen molar-refractivity contribution in [2.24, 2.45) is 7.05 Å². The number of likely N-dealkylation sites (N-methyl/N-ethyl adjacent to an activating group) is 1. The molecule has 1 aromatic rings. The van der Waals surface area contributed by atoms with Gasteiger partial charge in [0.05, 0.1) is 5.69 Å². The molecule has 1 aromatic heterocycles. The fourth-order valence-corrected chi connectivity index (χ4v) is 4.48. The van der Waals surface area contributed by atoms with Gasteiger partial charge in [0, 0.05) is 37.8 Å². The zero-order valence-corrected chi connectivity index (χ0v) is 15.0. The topological polar surface area (TPSA) is 41.4 Å². The van der Waals surface area contributed by atoms with Crippen LogP contribution in [0.3, 0.4) is 0 Å². The molecule has 0 N–H and O–H groups in total. The van der Waals surface area contributed by atoms with Crippen LogP contribution in [0.25, 0.3) is 0 Å². The standard InChI is InChI=1S/C18H30N4O/c1-13-15(14(2)21(4)19-13)9-10-18(23)22-12-6-8-17(22)16-7-5-11-20(16)3/h16-17H,5-12H2,1-4H3. The smallest absolute Gasteiger partial charge is 0.223 e. The highest BCUT2D eigenvalue weighted by Gasteiger charge is 2.38. The Labute approximate surface area is 139 Å². The van der Waals surface area contributed by atoms with Gasteiger partial charge in [-0.1, -0.05) is 0 Å². The first-order chi connectivity index (χ1) is 11.0. The number of carbonyl (C=O) groups is 1. The Morgan fingerprint density at radius 2 is 1.83 bits per heavy atom. The van der Waals surface area contributed by atoms with E-state index >= 15 is 0 Å². The number of carbonyl (C=O) groups excluding carboxylic acids is 1. The van der Waals surface area contributed by atoms with Crippen molar-refractivity contribution in [1.29, 1.82) is 0 Å². The molecule has 1 amide bonds. The Hall–Kier alpha value is -1.36. The highest BCUT2D eigenvalue weighted by atomic mass is 16.2. The zero-order valence-electron chi connectivity index (χ0n) is 15.0. The van der Waals surface area contributed by atoms with Crippen LogP contribution in [0.15, 0.2) is 0 Å². The van der Waals surface area contributed by atoms with Crippen LogP contribution in [0.2, 0.25) is 0 Å². The molecule has 2 fully saturated rings. The van der Waals surface area contributed by atoms with Gasteiger partial charge in [-0.15, -0.1) is 0 Å². The SMILES string of the molecule is Cc1nn(C)c(C)c1CCC(=O)N1CCCC1C1CCCN1C. The molecule has 0 saturated carbocycles. The Morgan fingerprint density at radius 3 is 2.43 bits per heavy atom. The van der Waals surface area contributed by atoms with Gasteiger partial charge in [-0.3, -0.25) is 9.48 Å². The fraction of sp³-hybridized carbons (Fsp3) is 0.778. The molecule has 2 aliphatic rings. The number of rotatable bonds is 4. The number of nitrogens with zero attached hydrogens (tertiary/aromatic N) is 4. The first-order valence-electron chi connectivity index (χ1n) is 8.98. The van der Waals surface area contributed by atoms with Crippen molar-refractivity contribution in [2.45, 2.75) is 64.5 Å². The van der Waals surface area contributed by atoms with Crippen LogP contribution in [-0.4, -0.2) is 57.7 Å². The molecular weight excluding hydrogens is 288 g/mol. The van der Waals surface area contributed by atoms with Gasteiger partial charge in [0.1, 0.15) is 0 Å². The average molecular weight is 318 g/mol. The Bertz CT molecular complexity index is 580. The second-order valence-corrected chi connectivity index (χ2v) is 7.26. The van der Waals surface area contributed by atoms with Crippen molar-refractivity contribution >= 4 is 5.91 Å². The van der Waals surface area contributed by atoms with Crippen molar-refractivity contribution in [2.75, 3.05) is 20.1 Å². The maximum atomic E-state index is 12.8. The number of hydrogen-bond donors (Lipinski definition) is 0. The molecule has 0 aliphatic carbocycles. The number of amides is 1. The minimum Gasteiger partial charge on any atom is -0.338 e. The lowest BCUT2D eigenvalue weighted by Gasteiger charge is -2.33. The third-order valence-corrected chi connectivity index (χ3v) is 5.89. The van der Waals surface area contributed by atoms with Crippen molar-refractivity contribution in [3.63, 3.8) is 0 Å². The second-order valence-electron chi connectivity index (χ2n) is 7.26. The number of aromatic nitrogens is 2. The summed E-state index contributed by atoms with van der Waals surface area (Å²) >= 11 is 0. The van der Waals surface area contributed by atoms with Gasteiger partial charge in [0.25, 0.3) is 0 Å². The summed E-state index contributed by atoms with van der Waals surface area (Å²) in [5, 5.41) is 4.46. The van der Waals surface area contributed by atoms with Crippen molar-refractivity contribution in [1.82, 2.24) is 19.6 Å². The van der Waals surface area contributed by atoms with Crippen molar-refractivity contribution < 1.29 is 4.79 Å². The van der Waals surface area contributed by atoms with Gasteiger partial charge < -0.3 is 9.80 Å². The van der Waals surface area contributed by atoms with Crippen LogP contribution < -0.4 is 0 Å². The van der Waals surface area contributed by atoms with Crippen LogP contribution in [0.1, 0.15) is 49.1 Å². The fourth-order valence-electron chi connectivity index (χ4n) is 4.48. The lowest BCUT2D eigenvalue weighted by Crippen LogP contribution is -2.47. The normalized spacial score (nSPS) is 25.5. The van der Waals surface area contributed by atoms with E-state index in [1.807, 2.05) is 18.7 Å². The van der Waals surface area contributed by atoms with Gasteiger partial charge in [-0.25, -0.2) is 0 Å². The van der Waals surface area contributed by atoms with E-state index in [0.717, 1.165) is 25.1 Å². The minimum atomic E-state index is 0.329. The first kappa shape index (κ1) is 16.5. The number of aryl methyl sites for hydroxylation is 2. The van der Waals surface area contributed by atoms with Gasteiger partial charge in [-0.2, -0.15) is 5.10 Å². The summed E-state index contributed by atoms with van der Waals surface area (Å²) in [6.45, 7) is 6.25. The molecule has 128 valence electrons. The maximum absolute atomic E-state index is 12.8. The summed E-state index contributed by atoms with van der Waals surface area (Å²) in [6.07, 6.45) is 6.27. The van der Waals surface area contributed by atoms with E-state index in [1.165, 1.54) is 37.1 Å². The van der Waals surface area contributed by atoms with E-state index in [1.54, 1.807) is 0 Å². The van der Waals surface area contributed by atoms with E-state index in [9.17, 15) is 4.79 Å². The van der Waals surface area contributed by atoms with Crippen LogP contribution in [0, 0.1) is 13.8 Å². The second kappa shape index (κ2) is 6.63. The van der Waals surface area contributed by atoms with E-state index in [4.69, 9.17) is 0 Å². The molecule has 2 unspecified atom stereocenters. The Morgan fingerprint density at radius 1 is 1.13 bits per heavy atom. The summed E-state index contributed by atoms with van der Waals surface area (Å²) in [7, 11) is 4.18. The molecule has 0 spiro atoms. The third-order valence-electron chi connectivity index (χ3n) is 5.89. The largest absolute Gasteiger partial charge is 0.338 e. The van der Waals surface area contributed by atoms with Crippen LogP contribution in [0.4, 0.5) is 0 Å². The van der Waals surface area contributed by atoms with Crippen molar-refractivity contribution in [3.8, 4) is 0 Å². The summed E-state index contributed by atoms with van der Waals surface area (Å²) < 4.78 is 1.92. The molecule has 5 heteroatoms. The Kier molecular flexibility index (Phi) is 4.76. The molecular formula is C18H30N4O. The van der Waals surface area contributed by atoms with Crippen LogP contribution >= 0.6 is 0 Å². The molecule has 0 bridgehead atoms. The summed E-state index contributed by atoms with van der Waals surface area (Å²) in [6, 6.07) is 1.01.